The molecule has 0 aromatic heterocycles. The van der Waals surface area contributed by atoms with E-state index >= 15 is 0 Å². The van der Waals surface area contributed by atoms with Crippen LogP contribution in [0.5, 0.6) is 5.75 Å². The van der Waals surface area contributed by atoms with E-state index in [-0.39, 0.29) is 0 Å². The quantitative estimate of drug-likeness (QED) is 0.493. The Labute approximate surface area is 129 Å². The minimum Gasteiger partial charge on any atom is -0.493 e. The zero-order chi connectivity index (χ0) is 14.5. The predicted molar refractivity (Wildman–Crippen MR) is 88.0 cm³/mol. The van der Waals surface area contributed by atoms with E-state index < -0.39 is 0 Å². The second kappa shape index (κ2) is 6.91. The maximum Gasteiger partial charge on any atom is 0.119 e. The van der Waals surface area contributed by atoms with E-state index in [4.69, 9.17) is 22.1 Å². The molecule has 2 N–H and O–H groups in total. The molecule has 0 amide bonds. The molecule has 2 aromatic carbocycles. The van der Waals surface area contributed by atoms with Crippen molar-refractivity contribution in [2.24, 2.45) is 0 Å². The van der Waals surface area contributed by atoms with E-state index in [2.05, 4.69) is 0 Å². The van der Waals surface area contributed by atoms with Crippen LogP contribution in [-0.2, 0) is 0 Å². The van der Waals surface area contributed by atoms with Gasteiger partial charge >= 0.3 is 0 Å². The van der Waals surface area contributed by atoms with Crippen molar-refractivity contribution in [2.75, 3.05) is 18.1 Å². The first-order chi connectivity index (χ1) is 9.56. The third-order valence-corrected chi connectivity index (χ3v) is 4.48. The van der Waals surface area contributed by atoms with Gasteiger partial charge in [-0.15, -0.1) is 11.8 Å². The van der Waals surface area contributed by atoms with E-state index in [9.17, 15) is 0 Å². The molecular formula is C16H18ClNOS. The summed E-state index contributed by atoms with van der Waals surface area (Å²) >= 11 is 7.89. The maximum atomic E-state index is 6.13. The van der Waals surface area contributed by atoms with Gasteiger partial charge in [0.25, 0.3) is 0 Å². The van der Waals surface area contributed by atoms with Crippen LogP contribution in [0.15, 0.2) is 41.3 Å². The van der Waals surface area contributed by atoms with Gasteiger partial charge in [0.1, 0.15) is 5.75 Å². The summed E-state index contributed by atoms with van der Waals surface area (Å²) in [6, 6.07) is 11.8. The number of nitrogens with two attached hydrogens (primary N) is 1. The smallest absolute Gasteiger partial charge is 0.119 e. The number of halogens is 1. The summed E-state index contributed by atoms with van der Waals surface area (Å²) in [5.41, 5.74) is 8.54. The topological polar surface area (TPSA) is 35.2 Å². The summed E-state index contributed by atoms with van der Waals surface area (Å²) in [5, 5.41) is 0.814. The fourth-order valence-corrected chi connectivity index (χ4v) is 2.71. The molecule has 4 heteroatoms. The second-order valence-corrected chi connectivity index (χ2v) is 6.18. The standard InChI is InChI=1S/C16H18ClNOS/c1-11-9-14(10-12(2)16(11)17)19-7-8-20-15-5-3-13(18)4-6-15/h3-6,9-10H,7-8,18H2,1-2H3. The van der Waals surface area contributed by atoms with Crippen molar-refractivity contribution in [3.63, 3.8) is 0 Å². The predicted octanol–water partition coefficient (Wildman–Crippen LogP) is 4.71. The van der Waals surface area contributed by atoms with Crippen molar-refractivity contribution in [3.05, 3.63) is 52.5 Å². The van der Waals surface area contributed by atoms with E-state index in [1.807, 2.05) is 50.2 Å². The average Bonchev–Trinajstić information content (AvgIpc) is 2.43. The molecule has 0 aliphatic rings. The van der Waals surface area contributed by atoms with Crippen molar-refractivity contribution < 1.29 is 4.74 Å². The van der Waals surface area contributed by atoms with Crippen LogP contribution in [0.25, 0.3) is 0 Å². The van der Waals surface area contributed by atoms with Gasteiger partial charge in [-0.1, -0.05) is 11.6 Å². The van der Waals surface area contributed by atoms with Crippen molar-refractivity contribution in [1.29, 1.82) is 0 Å². The largest absolute Gasteiger partial charge is 0.493 e. The molecule has 0 aliphatic heterocycles. The van der Waals surface area contributed by atoms with E-state index in [1.54, 1.807) is 11.8 Å². The van der Waals surface area contributed by atoms with Gasteiger partial charge in [-0.3, -0.25) is 0 Å². The van der Waals surface area contributed by atoms with Crippen LogP contribution < -0.4 is 10.5 Å². The number of hydrogen-bond acceptors (Lipinski definition) is 3. The molecule has 0 saturated carbocycles. The zero-order valence-corrected chi connectivity index (χ0v) is 13.2. The lowest BCUT2D eigenvalue weighted by Crippen LogP contribution is -2.01. The first-order valence-electron chi connectivity index (χ1n) is 6.44. The van der Waals surface area contributed by atoms with Crippen LogP contribution in [0.3, 0.4) is 0 Å². The number of thioether (sulfide) groups is 1. The first-order valence-corrected chi connectivity index (χ1v) is 7.80. The highest BCUT2D eigenvalue weighted by molar-refractivity contribution is 7.99. The SMILES string of the molecule is Cc1cc(OCCSc2ccc(N)cc2)cc(C)c1Cl. The van der Waals surface area contributed by atoms with Gasteiger partial charge in [-0.2, -0.15) is 0 Å². The van der Waals surface area contributed by atoms with Gasteiger partial charge in [0.2, 0.25) is 0 Å². The van der Waals surface area contributed by atoms with Crippen molar-refractivity contribution in [3.8, 4) is 5.75 Å². The molecule has 2 nitrogen and oxygen atoms in total. The fourth-order valence-electron chi connectivity index (χ4n) is 1.87. The monoisotopic (exact) mass is 307 g/mol. The normalized spacial score (nSPS) is 10.6. The molecule has 0 aliphatic carbocycles. The lowest BCUT2D eigenvalue weighted by molar-refractivity contribution is 0.343. The number of nitrogen functional groups attached to an aromatic ring is 1. The number of hydrogen-bond donors (Lipinski definition) is 1. The van der Waals surface area contributed by atoms with Crippen LogP contribution in [0.1, 0.15) is 11.1 Å². The van der Waals surface area contributed by atoms with Gasteiger partial charge in [0.15, 0.2) is 0 Å². The fraction of sp³-hybridized carbons (Fsp3) is 0.250. The Balaban J connectivity index is 1.83. The number of rotatable bonds is 5. The Hall–Kier alpha value is -1.32. The van der Waals surface area contributed by atoms with Crippen molar-refractivity contribution in [2.45, 2.75) is 18.7 Å². The second-order valence-electron chi connectivity index (χ2n) is 4.64. The van der Waals surface area contributed by atoms with Gasteiger partial charge in [0.05, 0.1) is 6.61 Å². The summed E-state index contributed by atoms with van der Waals surface area (Å²) in [6.07, 6.45) is 0. The summed E-state index contributed by atoms with van der Waals surface area (Å²) in [6.45, 7) is 4.65. The molecular weight excluding hydrogens is 290 g/mol. The molecule has 0 atom stereocenters. The molecule has 106 valence electrons. The Morgan fingerprint density at radius 3 is 2.30 bits per heavy atom. The third kappa shape index (κ3) is 4.09. The van der Waals surface area contributed by atoms with Crippen molar-refractivity contribution in [1.82, 2.24) is 0 Å². The van der Waals surface area contributed by atoms with Gasteiger partial charge in [-0.25, -0.2) is 0 Å². The summed E-state index contributed by atoms with van der Waals surface area (Å²) in [5.74, 6) is 1.77. The molecule has 20 heavy (non-hydrogen) atoms. The Morgan fingerprint density at radius 1 is 1.10 bits per heavy atom. The van der Waals surface area contributed by atoms with Crippen LogP contribution in [0, 0.1) is 13.8 Å². The van der Waals surface area contributed by atoms with Crippen molar-refractivity contribution >= 4 is 29.1 Å². The molecule has 2 rings (SSSR count). The summed E-state index contributed by atoms with van der Waals surface area (Å²) < 4.78 is 5.76. The Bertz CT molecular complexity index is 561. The Morgan fingerprint density at radius 2 is 1.70 bits per heavy atom. The number of ether oxygens (including phenoxy) is 1. The molecule has 0 unspecified atom stereocenters. The van der Waals surface area contributed by atoms with E-state index in [1.165, 1.54) is 4.90 Å². The lowest BCUT2D eigenvalue weighted by Gasteiger charge is -2.10. The number of aryl methyl sites for hydroxylation is 2. The lowest BCUT2D eigenvalue weighted by atomic mass is 10.1. The molecule has 0 radical (unpaired) electrons. The van der Waals surface area contributed by atoms with Crippen LogP contribution in [0.2, 0.25) is 5.02 Å². The maximum absolute atomic E-state index is 6.13. The highest BCUT2D eigenvalue weighted by Gasteiger charge is 2.03. The Kier molecular flexibility index (Phi) is 5.21. The molecule has 0 spiro atoms. The molecule has 0 fully saturated rings. The summed E-state index contributed by atoms with van der Waals surface area (Å²) in [4.78, 5) is 1.20. The van der Waals surface area contributed by atoms with Gasteiger partial charge < -0.3 is 10.5 Å². The zero-order valence-electron chi connectivity index (χ0n) is 11.7. The van der Waals surface area contributed by atoms with Crippen LogP contribution in [-0.4, -0.2) is 12.4 Å². The summed E-state index contributed by atoms with van der Waals surface area (Å²) in [7, 11) is 0. The number of benzene rings is 2. The molecule has 0 saturated heterocycles. The minimum atomic E-state index is 0.662. The van der Waals surface area contributed by atoms with E-state index in [0.717, 1.165) is 33.3 Å². The highest BCUT2D eigenvalue weighted by atomic mass is 35.5. The highest BCUT2D eigenvalue weighted by Crippen LogP contribution is 2.26. The van der Waals surface area contributed by atoms with Crippen LogP contribution in [0.4, 0.5) is 5.69 Å². The molecule has 0 bridgehead atoms. The molecule has 2 aromatic rings. The first kappa shape index (κ1) is 15.1. The number of anilines is 1. The van der Waals surface area contributed by atoms with Gasteiger partial charge in [0, 0.05) is 21.4 Å². The third-order valence-electron chi connectivity index (χ3n) is 2.91. The van der Waals surface area contributed by atoms with E-state index in [0.29, 0.717) is 6.61 Å². The van der Waals surface area contributed by atoms with Gasteiger partial charge in [-0.05, 0) is 61.4 Å². The minimum absolute atomic E-state index is 0.662. The van der Waals surface area contributed by atoms with Crippen LogP contribution >= 0.6 is 23.4 Å². The average molecular weight is 308 g/mol. The molecule has 0 heterocycles.